The Morgan fingerprint density at radius 1 is 1.33 bits per heavy atom. The second-order valence-corrected chi connectivity index (χ2v) is 7.71. The molecule has 6 heteroatoms. The van der Waals surface area contributed by atoms with Crippen LogP contribution in [0.15, 0.2) is 30.5 Å². The van der Waals surface area contributed by atoms with Gasteiger partial charge in [-0.05, 0) is 11.8 Å². The average Bonchev–Trinajstić information content (AvgIpc) is 2.85. The number of aliphatic hydroxyl groups excluding tert-OH is 1. The molecule has 1 atom stereocenters. The van der Waals surface area contributed by atoms with E-state index in [1.54, 1.807) is 6.20 Å². The summed E-state index contributed by atoms with van der Waals surface area (Å²) in [7, 11) is -1.04. The van der Waals surface area contributed by atoms with Gasteiger partial charge in [-0.25, -0.2) is 13.4 Å². The van der Waals surface area contributed by atoms with Crippen molar-refractivity contribution in [1.29, 1.82) is 0 Å². The quantitative estimate of drug-likeness (QED) is 0.927. The Balaban J connectivity index is 2.05. The Morgan fingerprint density at radius 2 is 2.05 bits per heavy atom. The molecule has 1 aliphatic rings. The van der Waals surface area contributed by atoms with Crippen molar-refractivity contribution in [3.05, 3.63) is 36.0 Å². The maximum atomic E-state index is 11.7. The van der Waals surface area contributed by atoms with Gasteiger partial charge in [0, 0.05) is 30.2 Å². The van der Waals surface area contributed by atoms with Crippen molar-refractivity contribution in [2.75, 3.05) is 23.5 Å². The molecule has 5 nitrogen and oxygen atoms in total. The topological polar surface area (TPSA) is 70.5 Å². The summed E-state index contributed by atoms with van der Waals surface area (Å²) in [5.41, 5.74) is 0.779. The molecule has 0 aliphatic carbocycles. The van der Waals surface area contributed by atoms with Gasteiger partial charge in [-0.3, -0.25) is 0 Å². The molecule has 3 rings (SSSR count). The highest BCUT2D eigenvalue weighted by Gasteiger charge is 2.31. The third-order valence-electron chi connectivity index (χ3n) is 4.12. The van der Waals surface area contributed by atoms with Crippen molar-refractivity contribution in [1.82, 2.24) is 4.98 Å². The number of sulfone groups is 1. The SMILES string of the molecule is CN(c1ncc(CO)c2ccccc12)C1CCS(=O)(=O)C1. The summed E-state index contributed by atoms with van der Waals surface area (Å²) in [6, 6.07) is 7.72. The van der Waals surface area contributed by atoms with Gasteiger partial charge in [0.25, 0.3) is 0 Å². The summed E-state index contributed by atoms with van der Waals surface area (Å²) < 4.78 is 23.3. The number of pyridine rings is 1. The number of fused-ring (bicyclic) bond motifs is 1. The maximum absolute atomic E-state index is 11.7. The normalized spacial score (nSPS) is 20.8. The van der Waals surface area contributed by atoms with Gasteiger partial charge in [-0.1, -0.05) is 24.3 Å². The molecule has 2 heterocycles. The second-order valence-electron chi connectivity index (χ2n) is 5.48. The fraction of sp³-hybridized carbons (Fsp3) is 0.400. The molecule has 1 aromatic carbocycles. The summed E-state index contributed by atoms with van der Waals surface area (Å²) in [6.07, 6.45) is 2.30. The molecule has 1 fully saturated rings. The summed E-state index contributed by atoms with van der Waals surface area (Å²) >= 11 is 0. The van der Waals surface area contributed by atoms with Gasteiger partial charge in [0.1, 0.15) is 5.82 Å². The lowest BCUT2D eigenvalue weighted by atomic mass is 10.1. The first-order valence-electron chi connectivity index (χ1n) is 6.92. The fourth-order valence-corrected chi connectivity index (χ4v) is 4.67. The highest BCUT2D eigenvalue weighted by Crippen LogP contribution is 2.29. The largest absolute Gasteiger partial charge is 0.392 e. The number of aromatic nitrogens is 1. The zero-order valence-electron chi connectivity index (χ0n) is 11.9. The van der Waals surface area contributed by atoms with Crippen LogP contribution in [0.4, 0.5) is 5.82 Å². The highest BCUT2D eigenvalue weighted by molar-refractivity contribution is 7.91. The van der Waals surface area contributed by atoms with Crippen molar-refractivity contribution < 1.29 is 13.5 Å². The molecular weight excluding hydrogens is 288 g/mol. The van der Waals surface area contributed by atoms with Crippen LogP contribution in [0.25, 0.3) is 10.8 Å². The lowest BCUT2D eigenvalue weighted by Crippen LogP contribution is -2.33. The molecule has 0 saturated carbocycles. The van der Waals surface area contributed by atoms with Gasteiger partial charge in [-0.15, -0.1) is 0 Å². The number of hydrogen-bond donors (Lipinski definition) is 1. The number of anilines is 1. The molecule has 21 heavy (non-hydrogen) atoms. The minimum absolute atomic E-state index is 0.0362. The molecular formula is C15H18N2O3S. The zero-order valence-corrected chi connectivity index (χ0v) is 12.7. The zero-order chi connectivity index (χ0) is 15.0. The third kappa shape index (κ3) is 2.61. The van der Waals surface area contributed by atoms with Gasteiger partial charge in [0.05, 0.1) is 18.1 Å². The number of rotatable bonds is 3. The molecule has 1 unspecified atom stereocenters. The third-order valence-corrected chi connectivity index (χ3v) is 5.87. The van der Waals surface area contributed by atoms with E-state index in [-0.39, 0.29) is 24.2 Å². The van der Waals surface area contributed by atoms with Crippen LogP contribution in [0.1, 0.15) is 12.0 Å². The van der Waals surface area contributed by atoms with E-state index in [1.807, 2.05) is 36.2 Å². The lowest BCUT2D eigenvalue weighted by Gasteiger charge is -2.26. The van der Waals surface area contributed by atoms with Crippen LogP contribution in [-0.4, -0.2) is 43.1 Å². The van der Waals surface area contributed by atoms with E-state index < -0.39 is 9.84 Å². The van der Waals surface area contributed by atoms with E-state index in [0.29, 0.717) is 6.42 Å². The van der Waals surface area contributed by atoms with Crippen LogP contribution in [0.5, 0.6) is 0 Å². The van der Waals surface area contributed by atoms with E-state index >= 15 is 0 Å². The second kappa shape index (κ2) is 5.27. The van der Waals surface area contributed by atoms with Crippen LogP contribution < -0.4 is 4.90 Å². The van der Waals surface area contributed by atoms with Crippen LogP contribution in [0.2, 0.25) is 0 Å². The molecule has 1 aliphatic heterocycles. The number of benzene rings is 1. The van der Waals surface area contributed by atoms with Crippen molar-refractivity contribution in [2.45, 2.75) is 19.1 Å². The van der Waals surface area contributed by atoms with Crippen LogP contribution in [-0.2, 0) is 16.4 Å². The summed E-state index contributed by atoms with van der Waals surface area (Å²) in [5.74, 6) is 1.19. The molecule has 0 spiro atoms. The monoisotopic (exact) mass is 306 g/mol. The van der Waals surface area contributed by atoms with Gasteiger partial charge in [0.15, 0.2) is 9.84 Å². The Labute approximate surface area is 124 Å². The van der Waals surface area contributed by atoms with E-state index in [9.17, 15) is 13.5 Å². The van der Waals surface area contributed by atoms with E-state index in [4.69, 9.17) is 0 Å². The summed E-state index contributed by atoms with van der Waals surface area (Å²) in [6.45, 7) is -0.0602. The molecule has 112 valence electrons. The van der Waals surface area contributed by atoms with Crippen LogP contribution in [0, 0.1) is 0 Å². The molecule has 0 amide bonds. The van der Waals surface area contributed by atoms with Crippen LogP contribution in [0.3, 0.4) is 0 Å². The van der Waals surface area contributed by atoms with Gasteiger partial charge in [-0.2, -0.15) is 0 Å². The summed E-state index contributed by atoms with van der Waals surface area (Å²) in [4.78, 5) is 6.39. The first-order chi connectivity index (χ1) is 10.0. The molecule has 1 aromatic heterocycles. The minimum atomic E-state index is -2.92. The van der Waals surface area contributed by atoms with E-state index in [2.05, 4.69) is 4.98 Å². The Bertz CT molecular complexity index is 774. The Morgan fingerprint density at radius 3 is 2.67 bits per heavy atom. The van der Waals surface area contributed by atoms with Crippen molar-refractivity contribution >= 4 is 26.4 Å². The first kappa shape index (κ1) is 14.3. The lowest BCUT2D eigenvalue weighted by molar-refractivity contribution is 0.283. The molecule has 0 bridgehead atoms. The van der Waals surface area contributed by atoms with Crippen molar-refractivity contribution in [2.24, 2.45) is 0 Å². The fourth-order valence-electron chi connectivity index (χ4n) is 2.90. The molecule has 2 aromatic rings. The standard InChI is InChI=1S/C15H18N2O3S/c1-17(12-6-7-21(19,20)10-12)15-14-5-3-2-4-13(14)11(9-18)8-16-15/h2-5,8,12,18H,6-7,9-10H2,1H3. The van der Waals surface area contributed by atoms with Gasteiger partial charge in [0.2, 0.25) is 0 Å². The Kier molecular flexibility index (Phi) is 3.59. The number of nitrogens with zero attached hydrogens (tertiary/aromatic N) is 2. The molecule has 0 radical (unpaired) electrons. The van der Waals surface area contributed by atoms with Gasteiger partial charge >= 0.3 is 0 Å². The van der Waals surface area contributed by atoms with Crippen molar-refractivity contribution in [3.8, 4) is 0 Å². The number of hydrogen-bond acceptors (Lipinski definition) is 5. The predicted molar refractivity (Wildman–Crippen MR) is 83.1 cm³/mol. The minimum Gasteiger partial charge on any atom is -0.392 e. The van der Waals surface area contributed by atoms with Gasteiger partial charge < -0.3 is 10.0 Å². The first-order valence-corrected chi connectivity index (χ1v) is 8.75. The molecule has 1 saturated heterocycles. The molecule has 1 N–H and O–H groups in total. The number of aliphatic hydroxyl groups is 1. The smallest absolute Gasteiger partial charge is 0.152 e. The van der Waals surface area contributed by atoms with E-state index in [1.165, 1.54) is 0 Å². The van der Waals surface area contributed by atoms with Crippen molar-refractivity contribution in [3.63, 3.8) is 0 Å². The summed E-state index contributed by atoms with van der Waals surface area (Å²) in [5, 5.41) is 11.3. The average molecular weight is 306 g/mol. The maximum Gasteiger partial charge on any atom is 0.152 e. The Hall–Kier alpha value is -1.66. The van der Waals surface area contributed by atoms with Crippen LogP contribution >= 0.6 is 0 Å². The predicted octanol–water partition coefficient (Wildman–Crippen LogP) is 1.35. The van der Waals surface area contributed by atoms with E-state index in [0.717, 1.165) is 22.2 Å². The highest BCUT2D eigenvalue weighted by atomic mass is 32.2.